The van der Waals surface area contributed by atoms with E-state index in [1.165, 1.54) is 0 Å². The predicted molar refractivity (Wildman–Crippen MR) is 71.6 cm³/mol. The number of benzene rings is 1. The molecule has 4 nitrogen and oxygen atoms in total. The molecule has 0 bridgehead atoms. The highest BCUT2D eigenvalue weighted by atomic mass is 35.5. The molecule has 0 saturated carbocycles. The van der Waals surface area contributed by atoms with Crippen LogP contribution in [0.5, 0.6) is 5.75 Å². The predicted octanol–water partition coefficient (Wildman–Crippen LogP) is 2.67. The van der Waals surface area contributed by atoms with Gasteiger partial charge in [-0.25, -0.2) is 4.98 Å². The van der Waals surface area contributed by atoms with Crippen molar-refractivity contribution in [2.45, 2.75) is 19.6 Å². The molecule has 1 atom stereocenters. The highest BCUT2D eigenvalue weighted by Gasteiger charge is 2.10. The van der Waals surface area contributed by atoms with Crippen LogP contribution in [0.3, 0.4) is 0 Å². The number of halogens is 1. The van der Waals surface area contributed by atoms with E-state index < -0.39 is 0 Å². The Kier molecular flexibility index (Phi) is 3.89. The Bertz CT molecular complexity index is 537. The molecule has 1 heterocycles. The molecule has 5 heteroatoms. The standard InChI is InChI=1S/C13H16ClN3O/c1-9(15)12-5-10(14)3-4-13(12)18-7-11-6-16-8-17(11)2/h3-6,8-9H,7,15H2,1-2H3/t9-/m0/s1. The first-order valence-corrected chi connectivity index (χ1v) is 6.08. The van der Waals surface area contributed by atoms with E-state index in [9.17, 15) is 0 Å². The number of rotatable bonds is 4. The van der Waals surface area contributed by atoms with Crippen molar-refractivity contribution in [2.75, 3.05) is 0 Å². The number of ether oxygens (including phenoxy) is 1. The van der Waals surface area contributed by atoms with Gasteiger partial charge < -0.3 is 15.0 Å². The number of aromatic nitrogens is 2. The number of hydrogen-bond donors (Lipinski definition) is 1. The minimum Gasteiger partial charge on any atom is -0.487 e. The number of aryl methyl sites for hydroxylation is 1. The maximum atomic E-state index is 5.96. The summed E-state index contributed by atoms with van der Waals surface area (Å²) >= 11 is 5.96. The van der Waals surface area contributed by atoms with Gasteiger partial charge in [0.1, 0.15) is 12.4 Å². The van der Waals surface area contributed by atoms with E-state index >= 15 is 0 Å². The molecular weight excluding hydrogens is 250 g/mol. The minimum absolute atomic E-state index is 0.120. The fourth-order valence-corrected chi connectivity index (χ4v) is 1.86. The fourth-order valence-electron chi connectivity index (χ4n) is 1.68. The van der Waals surface area contributed by atoms with E-state index in [0.29, 0.717) is 11.6 Å². The molecule has 0 saturated heterocycles. The molecule has 2 aromatic rings. The van der Waals surface area contributed by atoms with Crippen molar-refractivity contribution in [1.29, 1.82) is 0 Å². The lowest BCUT2D eigenvalue weighted by atomic mass is 10.1. The number of hydrogen-bond acceptors (Lipinski definition) is 3. The van der Waals surface area contributed by atoms with Crippen LogP contribution in [0.1, 0.15) is 24.2 Å². The van der Waals surface area contributed by atoms with E-state index in [1.807, 2.05) is 30.7 Å². The molecule has 0 fully saturated rings. The van der Waals surface area contributed by atoms with Gasteiger partial charge in [-0.2, -0.15) is 0 Å². The summed E-state index contributed by atoms with van der Waals surface area (Å²) in [7, 11) is 1.93. The molecule has 0 unspecified atom stereocenters. The van der Waals surface area contributed by atoms with Crippen molar-refractivity contribution in [3.63, 3.8) is 0 Å². The molecule has 0 spiro atoms. The molecule has 96 valence electrons. The van der Waals surface area contributed by atoms with Gasteiger partial charge in [0, 0.05) is 23.7 Å². The summed E-state index contributed by atoms with van der Waals surface area (Å²) in [5, 5.41) is 0.662. The first-order valence-electron chi connectivity index (χ1n) is 5.71. The second-order valence-electron chi connectivity index (χ2n) is 4.26. The number of imidazole rings is 1. The van der Waals surface area contributed by atoms with Crippen LogP contribution in [0, 0.1) is 0 Å². The number of nitrogens with zero attached hydrogens (tertiary/aromatic N) is 2. The van der Waals surface area contributed by atoms with Crippen LogP contribution in [0.4, 0.5) is 0 Å². The quantitative estimate of drug-likeness (QED) is 0.925. The normalized spacial score (nSPS) is 12.4. The summed E-state index contributed by atoms with van der Waals surface area (Å²) in [4.78, 5) is 4.04. The average molecular weight is 266 g/mol. The Hall–Kier alpha value is -1.52. The van der Waals surface area contributed by atoms with Crippen molar-refractivity contribution >= 4 is 11.6 Å². The van der Waals surface area contributed by atoms with Crippen LogP contribution in [0.2, 0.25) is 5.02 Å². The summed E-state index contributed by atoms with van der Waals surface area (Å²) in [5.41, 5.74) is 7.81. The Morgan fingerprint density at radius 2 is 2.28 bits per heavy atom. The Morgan fingerprint density at radius 3 is 2.89 bits per heavy atom. The zero-order valence-electron chi connectivity index (χ0n) is 10.4. The minimum atomic E-state index is -0.120. The topological polar surface area (TPSA) is 53.1 Å². The van der Waals surface area contributed by atoms with Crippen molar-refractivity contribution in [3.05, 3.63) is 47.0 Å². The third kappa shape index (κ3) is 2.83. The first-order chi connectivity index (χ1) is 8.58. The van der Waals surface area contributed by atoms with E-state index in [0.717, 1.165) is 17.0 Å². The molecule has 18 heavy (non-hydrogen) atoms. The maximum Gasteiger partial charge on any atom is 0.130 e. The first kappa shape index (κ1) is 12.9. The summed E-state index contributed by atoms with van der Waals surface area (Å²) in [5.74, 6) is 0.760. The van der Waals surface area contributed by atoms with Gasteiger partial charge in [0.2, 0.25) is 0 Å². The molecule has 2 rings (SSSR count). The Balaban J connectivity index is 2.16. The lowest BCUT2D eigenvalue weighted by Crippen LogP contribution is -2.09. The second-order valence-corrected chi connectivity index (χ2v) is 4.69. The zero-order valence-corrected chi connectivity index (χ0v) is 11.2. The Labute approximate surface area is 111 Å². The van der Waals surface area contributed by atoms with Crippen LogP contribution in [-0.4, -0.2) is 9.55 Å². The van der Waals surface area contributed by atoms with Crippen LogP contribution < -0.4 is 10.5 Å². The van der Waals surface area contributed by atoms with E-state index in [-0.39, 0.29) is 6.04 Å². The highest BCUT2D eigenvalue weighted by Crippen LogP contribution is 2.27. The van der Waals surface area contributed by atoms with Crippen LogP contribution in [0.25, 0.3) is 0 Å². The van der Waals surface area contributed by atoms with Gasteiger partial charge in [-0.05, 0) is 25.1 Å². The molecule has 0 amide bonds. The smallest absolute Gasteiger partial charge is 0.130 e. The third-order valence-corrected chi connectivity index (χ3v) is 2.99. The molecular formula is C13H16ClN3O. The van der Waals surface area contributed by atoms with Crippen LogP contribution in [0.15, 0.2) is 30.7 Å². The van der Waals surface area contributed by atoms with Gasteiger partial charge >= 0.3 is 0 Å². The van der Waals surface area contributed by atoms with Gasteiger partial charge in [0.25, 0.3) is 0 Å². The van der Waals surface area contributed by atoms with Crippen molar-refractivity contribution in [1.82, 2.24) is 9.55 Å². The van der Waals surface area contributed by atoms with Crippen molar-refractivity contribution in [2.24, 2.45) is 12.8 Å². The maximum absolute atomic E-state index is 5.96. The molecule has 0 aliphatic rings. The van der Waals surface area contributed by atoms with Gasteiger partial charge in [-0.15, -0.1) is 0 Å². The van der Waals surface area contributed by atoms with Gasteiger partial charge in [0.05, 0.1) is 18.2 Å². The second kappa shape index (κ2) is 5.42. The lowest BCUT2D eigenvalue weighted by molar-refractivity contribution is 0.292. The van der Waals surface area contributed by atoms with Crippen molar-refractivity contribution in [3.8, 4) is 5.75 Å². The molecule has 0 aliphatic carbocycles. The van der Waals surface area contributed by atoms with Crippen LogP contribution in [-0.2, 0) is 13.7 Å². The van der Waals surface area contributed by atoms with Crippen molar-refractivity contribution < 1.29 is 4.74 Å². The zero-order chi connectivity index (χ0) is 13.1. The van der Waals surface area contributed by atoms with E-state index in [1.54, 1.807) is 18.6 Å². The molecule has 1 aromatic heterocycles. The van der Waals surface area contributed by atoms with Crippen LogP contribution >= 0.6 is 11.6 Å². The van der Waals surface area contributed by atoms with Gasteiger partial charge in [-0.1, -0.05) is 11.6 Å². The SMILES string of the molecule is C[C@H](N)c1cc(Cl)ccc1OCc1cncn1C. The Morgan fingerprint density at radius 1 is 1.50 bits per heavy atom. The summed E-state index contributed by atoms with van der Waals surface area (Å²) < 4.78 is 7.70. The van der Waals surface area contributed by atoms with E-state index in [4.69, 9.17) is 22.1 Å². The fraction of sp³-hybridized carbons (Fsp3) is 0.308. The monoisotopic (exact) mass is 265 g/mol. The largest absolute Gasteiger partial charge is 0.487 e. The highest BCUT2D eigenvalue weighted by molar-refractivity contribution is 6.30. The molecule has 1 aromatic carbocycles. The summed E-state index contributed by atoms with van der Waals surface area (Å²) in [6.07, 6.45) is 3.52. The average Bonchev–Trinajstić information content (AvgIpc) is 2.73. The van der Waals surface area contributed by atoms with Gasteiger partial charge in [-0.3, -0.25) is 0 Å². The van der Waals surface area contributed by atoms with E-state index in [2.05, 4.69) is 4.98 Å². The molecule has 0 aliphatic heterocycles. The third-order valence-electron chi connectivity index (χ3n) is 2.75. The summed E-state index contributed by atoms with van der Waals surface area (Å²) in [6, 6.07) is 5.36. The summed E-state index contributed by atoms with van der Waals surface area (Å²) in [6.45, 7) is 2.36. The number of nitrogens with two attached hydrogens (primary N) is 1. The van der Waals surface area contributed by atoms with Gasteiger partial charge in [0.15, 0.2) is 0 Å². The molecule has 0 radical (unpaired) electrons. The molecule has 2 N–H and O–H groups in total. The lowest BCUT2D eigenvalue weighted by Gasteiger charge is -2.14.